The molecule has 2 aromatic heterocycles. The second-order valence-electron chi connectivity index (χ2n) is 5.72. The Kier molecular flexibility index (Phi) is 4.35. The lowest BCUT2D eigenvalue weighted by Gasteiger charge is -2.20. The Morgan fingerprint density at radius 3 is 3.12 bits per heavy atom. The van der Waals surface area contributed by atoms with Crippen LogP contribution >= 0.6 is 11.3 Å². The number of carbonyl (C=O) groups excluding carboxylic acids is 1. The molecule has 0 radical (unpaired) electrons. The van der Waals surface area contributed by atoms with Gasteiger partial charge >= 0.3 is 0 Å². The first kappa shape index (κ1) is 15.7. The maximum Gasteiger partial charge on any atom is 0.192 e. The molecule has 3 heterocycles. The summed E-state index contributed by atoms with van der Waals surface area (Å²) in [6.07, 6.45) is 7.37. The Labute approximate surface area is 149 Å². The standard InChI is InChI=1S/C19H17N3O2S/c23-19-14(10-16-2-1-9-25-16)12-21-18-11-15(3-4-17(18)19)24-8-7-22-6-5-20-13-22/h1-6,9-11,13,21H,7-8,12H2/b14-10+. The van der Waals surface area contributed by atoms with Gasteiger partial charge in [0.15, 0.2) is 5.78 Å². The molecular formula is C19H17N3O2S. The molecular weight excluding hydrogens is 334 g/mol. The number of fused-ring (bicyclic) bond motifs is 1. The number of Topliss-reactive ketones (excluding diaryl/α,β-unsaturated/α-hetero) is 1. The van der Waals surface area contributed by atoms with Crippen LogP contribution in [0.2, 0.25) is 0 Å². The highest BCUT2D eigenvalue weighted by atomic mass is 32.1. The second kappa shape index (κ2) is 6.94. The number of benzene rings is 1. The summed E-state index contributed by atoms with van der Waals surface area (Å²) >= 11 is 1.63. The van der Waals surface area contributed by atoms with Gasteiger partial charge in [-0.2, -0.15) is 0 Å². The van der Waals surface area contributed by atoms with Crippen LogP contribution in [-0.4, -0.2) is 28.5 Å². The normalized spacial score (nSPS) is 15.0. The Bertz CT molecular complexity index is 899. The lowest BCUT2D eigenvalue weighted by Crippen LogP contribution is -2.21. The largest absolute Gasteiger partial charge is 0.492 e. The maximum atomic E-state index is 12.7. The quantitative estimate of drug-likeness (QED) is 0.712. The molecule has 1 aromatic carbocycles. The Balaban J connectivity index is 1.46. The summed E-state index contributed by atoms with van der Waals surface area (Å²) in [5, 5.41) is 5.33. The van der Waals surface area contributed by atoms with Crippen molar-refractivity contribution in [3.05, 3.63) is 70.4 Å². The average molecular weight is 351 g/mol. The zero-order chi connectivity index (χ0) is 17.1. The van der Waals surface area contributed by atoms with Crippen LogP contribution in [0.5, 0.6) is 5.75 Å². The van der Waals surface area contributed by atoms with Gasteiger partial charge in [0.25, 0.3) is 0 Å². The topological polar surface area (TPSA) is 56.1 Å². The van der Waals surface area contributed by atoms with E-state index in [9.17, 15) is 4.79 Å². The monoisotopic (exact) mass is 351 g/mol. The average Bonchev–Trinajstić information content (AvgIpc) is 3.31. The summed E-state index contributed by atoms with van der Waals surface area (Å²) < 4.78 is 7.74. The molecule has 0 spiro atoms. The summed E-state index contributed by atoms with van der Waals surface area (Å²) in [5.74, 6) is 0.831. The van der Waals surface area contributed by atoms with Gasteiger partial charge in [0.2, 0.25) is 0 Å². The molecule has 0 saturated carbocycles. The van der Waals surface area contributed by atoms with Gasteiger partial charge in [0.05, 0.1) is 12.9 Å². The first-order valence-electron chi connectivity index (χ1n) is 8.05. The molecule has 6 heteroatoms. The van der Waals surface area contributed by atoms with Gasteiger partial charge in [-0.3, -0.25) is 4.79 Å². The van der Waals surface area contributed by atoms with Gasteiger partial charge < -0.3 is 14.6 Å². The minimum atomic E-state index is 0.0760. The van der Waals surface area contributed by atoms with E-state index in [1.807, 2.05) is 52.6 Å². The molecule has 1 aliphatic rings. The molecule has 0 aliphatic carbocycles. The fourth-order valence-electron chi connectivity index (χ4n) is 2.75. The number of nitrogens with zero attached hydrogens (tertiary/aromatic N) is 2. The SMILES string of the molecule is O=C1/C(=C/c2cccs2)CNc2cc(OCCn3ccnc3)ccc21. The molecule has 25 heavy (non-hydrogen) atoms. The fraction of sp³-hybridized carbons (Fsp3) is 0.158. The highest BCUT2D eigenvalue weighted by Crippen LogP contribution is 2.29. The van der Waals surface area contributed by atoms with Crippen molar-refractivity contribution in [1.29, 1.82) is 0 Å². The van der Waals surface area contributed by atoms with Crippen molar-refractivity contribution in [1.82, 2.24) is 9.55 Å². The zero-order valence-corrected chi connectivity index (χ0v) is 14.3. The molecule has 0 saturated heterocycles. The van der Waals surface area contributed by atoms with Crippen molar-refractivity contribution in [2.45, 2.75) is 6.54 Å². The molecule has 0 amide bonds. The molecule has 1 aliphatic heterocycles. The molecule has 126 valence electrons. The molecule has 1 N–H and O–H groups in total. The van der Waals surface area contributed by atoms with Crippen LogP contribution in [0.4, 0.5) is 5.69 Å². The summed E-state index contributed by atoms with van der Waals surface area (Å²) in [7, 11) is 0. The van der Waals surface area contributed by atoms with Crippen LogP contribution in [0.3, 0.4) is 0 Å². The first-order chi connectivity index (χ1) is 12.3. The zero-order valence-electron chi connectivity index (χ0n) is 13.5. The predicted molar refractivity (Wildman–Crippen MR) is 99.3 cm³/mol. The van der Waals surface area contributed by atoms with Crippen molar-refractivity contribution >= 4 is 28.9 Å². The van der Waals surface area contributed by atoms with E-state index in [1.165, 1.54) is 0 Å². The Morgan fingerprint density at radius 2 is 2.32 bits per heavy atom. The number of rotatable bonds is 5. The highest BCUT2D eigenvalue weighted by molar-refractivity contribution is 7.10. The number of aromatic nitrogens is 2. The minimum Gasteiger partial charge on any atom is -0.492 e. The molecule has 0 fully saturated rings. The van der Waals surface area contributed by atoms with Gasteiger partial charge in [0, 0.05) is 46.7 Å². The van der Waals surface area contributed by atoms with Crippen molar-refractivity contribution in [2.24, 2.45) is 0 Å². The number of imidazole rings is 1. The number of ether oxygens (including phenoxy) is 1. The Morgan fingerprint density at radius 1 is 1.36 bits per heavy atom. The van der Waals surface area contributed by atoms with E-state index < -0.39 is 0 Å². The summed E-state index contributed by atoms with van der Waals surface area (Å²) in [5.41, 5.74) is 2.30. The number of hydrogen-bond acceptors (Lipinski definition) is 5. The lowest BCUT2D eigenvalue weighted by molar-refractivity contribution is 0.103. The summed E-state index contributed by atoms with van der Waals surface area (Å²) in [4.78, 5) is 17.8. The van der Waals surface area contributed by atoms with Crippen molar-refractivity contribution < 1.29 is 9.53 Å². The number of thiophene rings is 1. The van der Waals surface area contributed by atoms with E-state index in [0.717, 1.165) is 28.4 Å². The van der Waals surface area contributed by atoms with E-state index >= 15 is 0 Å². The van der Waals surface area contributed by atoms with E-state index in [1.54, 1.807) is 23.9 Å². The van der Waals surface area contributed by atoms with E-state index in [0.29, 0.717) is 18.7 Å². The smallest absolute Gasteiger partial charge is 0.192 e. The highest BCUT2D eigenvalue weighted by Gasteiger charge is 2.22. The van der Waals surface area contributed by atoms with Crippen LogP contribution in [-0.2, 0) is 6.54 Å². The van der Waals surface area contributed by atoms with Gasteiger partial charge in [-0.25, -0.2) is 4.98 Å². The summed E-state index contributed by atoms with van der Waals surface area (Å²) in [6.45, 7) is 1.81. The van der Waals surface area contributed by atoms with Crippen molar-refractivity contribution in [3.63, 3.8) is 0 Å². The third-order valence-corrected chi connectivity index (χ3v) is 4.85. The van der Waals surface area contributed by atoms with Gasteiger partial charge in [-0.05, 0) is 29.7 Å². The first-order valence-corrected chi connectivity index (χ1v) is 8.93. The fourth-order valence-corrected chi connectivity index (χ4v) is 3.43. The van der Waals surface area contributed by atoms with Crippen LogP contribution < -0.4 is 10.1 Å². The van der Waals surface area contributed by atoms with Gasteiger partial charge in [0.1, 0.15) is 12.4 Å². The van der Waals surface area contributed by atoms with Crippen molar-refractivity contribution in [3.8, 4) is 5.75 Å². The molecule has 3 aromatic rings. The van der Waals surface area contributed by atoms with Crippen LogP contribution in [0, 0.1) is 0 Å². The Hall–Kier alpha value is -2.86. The number of ketones is 1. The van der Waals surface area contributed by atoms with Crippen LogP contribution in [0.25, 0.3) is 6.08 Å². The summed E-state index contributed by atoms with van der Waals surface area (Å²) in [6, 6.07) is 9.57. The lowest BCUT2D eigenvalue weighted by atomic mass is 9.97. The predicted octanol–water partition coefficient (Wildman–Crippen LogP) is 3.72. The molecule has 0 bridgehead atoms. The van der Waals surface area contributed by atoms with E-state index in [4.69, 9.17) is 4.74 Å². The van der Waals surface area contributed by atoms with Gasteiger partial charge in [-0.15, -0.1) is 11.3 Å². The number of hydrogen-bond donors (Lipinski definition) is 1. The molecule has 0 unspecified atom stereocenters. The van der Waals surface area contributed by atoms with E-state index in [-0.39, 0.29) is 5.78 Å². The molecule has 5 nitrogen and oxygen atoms in total. The molecule has 4 rings (SSSR count). The second-order valence-corrected chi connectivity index (χ2v) is 6.70. The number of nitrogens with one attached hydrogen (secondary N) is 1. The van der Waals surface area contributed by atoms with Gasteiger partial charge in [-0.1, -0.05) is 6.07 Å². The van der Waals surface area contributed by atoms with Crippen LogP contribution in [0.1, 0.15) is 15.2 Å². The van der Waals surface area contributed by atoms with Crippen molar-refractivity contribution in [2.75, 3.05) is 18.5 Å². The maximum absolute atomic E-state index is 12.7. The number of carbonyl (C=O) groups is 1. The van der Waals surface area contributed by atoms with Crippen LogP contribution in [0.15, 0.2) is 60.0 Å². The third kappa shape index (κ3) is 3.49. The number of anilines is 1. The minimum absolute atomic E-state index is 0.0760. The third-order valence-electron chi connectivity index (χ3n) is 4.03. The van der Waals surface area contributed by atoms with E-state index in [2.05, 4.69) is 10.3 Å². The molecule has 0 atom stereocenters.